The second-order valence-corrected chi connectivity index (χ2v) is 6.51. The molecule has 1 heterocycles. The van der Waals surface area contributed by atoms with Crippen LogP contribution in [0.4, 0.5) is 11.4 Å². The van der Waals surface area contributed by atoms with Crippen LogP contribution in [-0.2, 0) is 0 Å². The fraction of sp³-hybridized carbons (Fsp3) is 0.0435. The molecule has 0 aliphatic carbocycles. The summed E-state index contributed by atoms with van der Waals surface area (Å²) in [6, 6.07) is 26.5. The summed E-state index contributed by atoms with van der Waals surface area (Å²) in [7, 11) is 0. The van der Waals surface area contributed by atoms with Crippen LogP contribution in [-0.4, -0.2) is 15.5 Å². The molecular weight excluding hydrogens is 348 g/mol. The SMILES string of the molecule is Cc1[nH]n(-c2ccccc2)c(=O)c1C(=Nc1ccc(N)cc1)c1ccccc1. The Morgan fingerprint density at radius 3 is 2.14 bits per heavy atom. The third-order valence-corrected chi connectivity index (χ3v) is 4.50. The fourth-order valence-corrected chi connectivity index (χ4v) is 3.12. The monoisotopic (exact) mass is 368 g/mol. The Morgan fingerprint density at radius 2 is 1.50 bits per heavy atom. The summed E-state index contributed by atoms with van der Waals surface area (Å²) in [5.74, 6) is 0. The average Bonchev–Trinajstić information content (AvgIpc) is 3.03. The van der Waals surface area contributed by atoms with E-state index in [1.54, 1.807) is 16.8 Å². The molecule has 0 radical (unpaired) electrons. The number of nitrogen functional groups attached to an aromatic ring is 1. The van der Waals surface area contributed by atoms with Gasteiger partial charge >= 0.3 is 0 Å². The first-order valence-electron chi connectivity index (χ1n) is 9.00. The van der Waals surface area contributed by atoms with E-state index in [4.69, 9.17) is 10.7 Å². The van der Waals surface area contributed by atoms with Crippen LogP contribution in [0.2, 0.25) is 0 Å². The molecule has 0 saturated carbocycles. The van der Waals surface area contributed by atoms with E-state index >= 15 is 0 Å². The van der Waals surface area contributed by atoms with Crippen LogP contribution in [0.25, 0.3) is 5.69 Å². The Morgan fingerprint density at radius 1 is 0.893 bits per heavy atom. The van der Waals surface area contributed by atoms with E-state index in [1.807, 2.05) is 79.7 Å². The van der Waals surface area contributed by atoms with Gasteiger partial charge in [0.1, 0.15) is 0 Å². The molecule has 3 aromatic carbocycles. The van der Waals surface area contributed by atoms with Gasteiger partial charge < -0.3 is 5.73 Å². The van der Waals surface area contributed by atoms with E-state index in [0.717, 1.165) is 22.6 Å². The van der Waals surface area contributed by atoms with Crippen molar-refractivity contribution in [3.05, 3.63) is 112 Å². The number of nitrogens with zero attached hydrogens (tertiary/aromatic N) is 2. The number of anilines is 1. The van der Waals surface area contributed by atoms with E-state index in [2.05, 4.69) is 5.10 Å². The van der Waals surface area contributed by atoms with Gasteiger partial charge in [0.2, 0.25) is 0 Å². The maximum atomic E-state index is 13.3. The molecule has 0 aliphatic rings. The maximum Gasteiger partial charge on any atom is 0.280 e. The number of aliphatic imine (C=N–C) groups is 1. The van der Waals surface area contributed by atoms with Gasteiger partial charge in [0, 0.05) is 16.9 Å². The molecule has 138 valence electrons. The van der Waals surface area contributed by atoms with E-state index in [9.17, 15) is 4.79 Å². The molecule has 4 rings (SSSR count). The number of nitrogens with one attached hydrogen (secondary N) is 1. The summed E-state index contributed by atoms with van der Waals surface area (Å²) >= 11 is 0. The number of hydrogen-bond donors (Lipinski definition) is 2. The third kappa shape index (κ3) is 3.38. The lowest BCUT2D eigenvalue weighted by atomic mass is 10.0. The van der Waals surface area contributed by atoms with Crippen molar-refractivity contribution in [1.82, 2.24) is 9.78 Å². The van der Waals surface area contributed by atoms with Gasteiger partial charge in [-0.05, 0) is 43.3 Å². The van der Waals surface area contributed by atoms with Crippen molar-refractivity contribution in [3.63, 3.8) is 0 Å². The number of hydrogen-bond acceptors (Lipinski definition) is 3. The first-order valence-corrected chi connectivity index (χ1v) is 9.00. The molecule has 28 heavy (non-hydrogen) atoms. The molecule has 0 fully saturated rings. The fourth-order valence-electron chi connectivity index (χ4n) is 3.12. The van der Waals surface area contributed by atoms with Crippen LogP contribution < -0.4 is 11.3 Å². The van der Waals surface area contributed by atoms with Gasteiger partial charge in [-0.2, -0.15) is 0 Å². The Bertz CT molecular complexity index is 1170. The van der Waals surface area contributed by atoms with Crippen molar-refractivity contribution in [2.75, 3.05) is 5.73 Å². The molecule has 0 spiro atoms. The summed E-state index contributed by atoms with van der Waals surface area (Å²) in [4.78, 5) is 18.1. The first-order chi connectivity index (χ1) is 13.6. The largest absolute Gasteiger partial charge is 0.399 e. The third-order valence-electron chi connectivity index (χ3n) is 4.50. The molecule has 1 aromatic heterocycles. The lowest BCUT2D eigenvalue weighted by Crippen LogP contribution is -2.21. The Balaban J connectivity index is 1.92. The Hall–Kier alpha value is -3.86. The minimum absolute atomic E-state index is 0.137. The van der Waals surface area contributed by atoms with Gasteiger partial charge in [-0.15, -0.1) is 0 Å². The number of benzene rings is 3. The van der Waals surface area contributed by atoms with Crippen LogP contribution in [0.5, 0.6) is 0 Å². The lowest BCUT2D eigenvalue weighted by Gasteiger charge is -2.06. The van der Waals surface area contributed by atoms with Gasteiger partial charge in [-0.3, -0.25) is 9.89 Å². The van der Waals surface area contributed by atoms with Crippen molar-refractivity contribution in [2.45, 2.75) is 6.92 Å². The highest BCUT2D eigenvalue weighted by molar-refractivity contribution is 6.14. The minimum atomic E-state index is -0.137. The van der Waals surface area contributed by atoms with Gasteiger partial charge in [0.25, 0.3) is 5.56 Å². The van der Waals surface area contributed by atoms with Gasteiger partial charge in [0.05, 0.1) is 22.6 Å². The molecule has 0 saturated heterocycles. The zero-order valence-electron chi connectivity index (χ0n) is 15.5. The number of aryl methyl sites for hydroxylation is 1. The predicted octanol–water partition coefficient (Wildman–Crippen LogP) is 4.23. The van der Waals surface area contributed by atoms with E-state index in [-0.39, 0.29) is 5.56 Å². The number of nitrogens with two attached hydrogens (primary N) is 1. The molecule has 4 aromatic rings. The zero-order valence-corrected chi connectivity index (χ0v) is 15.5. The van der Waals surface area contributed by atoms with Crippen molar-refractivity contribution in [2.24, 2.45) is 4.99 Å². The smallest absolute Gasteiger partial charge is 0.280 e. The molecule has 0 amide bonds. The quantitative estimate of drug-likeness (QED) is 0.418. The minimum Gasteiger partial charge on any atom is -0.399 e. The van der Waals surface area contributed by atoms with Gasteiger partial charge in [0.15, 0.2) is 0 Å². The van der Waals surface area contributed by atoms with Gasteiger partial charge in [-0.1, -0.05) is 48.5 Å². The normalized spacial score (nSPS) is 11.5. The van der Waals surface area contributed by atoms with Crippen LogP contribution in [0.3, 0.4) is 0 Å². The Kier molecular flexibility index (Phi) is 4.64. The number of para-hydroxylation sites is 1. The van der Waals surface area contributed by atoms with Crippen molar-refractivity contribution in [1.29, 1.82) is 0 Å². The molecule has 0 bridgehead atoms. The summed E-state index contributed by atoms with van der Waals surface area (Å²) < 4.78 is 1.55. The lowest BCUT2D eigenvalue weighted by molar-refractivity contribution is 0.835. The maximum absolute atomic E-state index is 13.3. The second-order valence-electron chi connectivity index (χ2n) is 6.51. The zero-order chi connectivity index (χ0) is 19.5. The standard InChI is InChI=1S/C23H20N4O/c1-16-21(23(28)27(26-16)20-10-6-3-7-11-20)22(17-8-4-2-5-9-17)25-19-14-12-18(24)13-15-19/h2-15,26H,24H2,1H3. The number of rotatable bonds is 4. The molecule has 5 nitrogen and oxygen atoms in total. The average molecular weight is 368 g/mol. The van der Waals surface area contributed by atoms with Crippen molar-refractivity contribution < 1.29 is 0 Å². The Labute approximate surface area is 162 Å². The molecule has 0 unspecified atom stereocenters. The van der Waals surface area contributed by atoms with E-state index < -0.39 is 0 Å². The number of aromatic nitrogens is 2. The number of H-pyrrole nitrogens is 1. The van der Waals surface area contributed by atoms with Crippen molar-refractivity contribution >= 4 is 17.1 Å². The molecule has 0 aliphatic heterocycles. The van der Waals surface area contributed by atoms with Gasteiger partial charge in [-0.25, -0.2) is 9.67 Å². The molecule has 5 heteroatoms. The summed E-state index contributed by atoms with van der Waals surface area (Å²) in [5.41, 5.74) is 10.6. The first kappa shape index (κ1) is 17.5. The number of aromatic amines is 1. The highest BCUT2D eigenvalue weighted by Crippen LogP contribution is 2.20. The molecule has 3 N–H and O–H groups in total. The van der Waals surface area contributed by atoms with E-state index in [1.165, 1.54) is 0 Å². The van der Waals surface area contributed by atoms with Crippen LogP contribution >= 0.6 is 0 Å². The molecule has 0 atom stereocenters. The second kappa shape index (κ2) is 7.40. The predicted molar refractivity (Wildman–Crippen MR) is 114 cm³/mol. The van der Waals surface area contributed by atoms with Crippen LogP contribution in [0.15, 0.2) is 94.7 Å². The van der Waals surface area contributed by atoms with Crippen molar-refractivity contribution in [3.8, 4) is 5.69 Å². The van der Waals surface area contributed by atoms with Crippen LogP contribution in [0, 0.1) is 6.92 Å². The topological polar surface area (TPSA) is 76.2 Å². The highest BCUT2D eigenvalue weighted by Gasteiger charge is 2.19. The summed E-state index contributed by atoms with van der Waals surface area (Å²) in [5, 5.41) is 3.18. The molecular formula is C23H20N4O. The van der Waals surface area contributed by atoms with E-state index in [0.29, 0.717) is 17.0 Å². The summed E-state index contributed by atoms with van der Waals surface area (Å²) in [6.45, 7) is 1.89. The van der Waals surface area contributed by atoms with Crippen LogP contribution in [0.1, 0.15) is 16.8 Å². The summed E-state index contributed by atoms with van der Waals surface area (Å²) in [6.07, 6.45) is 0. The highest BCUT2D eigenvalue weighted by atomic mass is 16.1.